The van der Waals surface area contributed by atoms with Crippen molar-refractivity contribution >= 4 is 40.6 Å². The molecule has 174 valence electrons. The van der Waals surface area contributed by atoms with E-state index in [4.69, 9.17) is 17.0 Å². The number of aryl methyl sites for hydroxylation is 1. The predicted octanol–water partition coefficient (Wildman–Crippen LogP) is 5.71. The minimum atomic E-state index is -0.724. The van der Waals surface area contributed by atoms with E-state index in [-0.39, 0.29) is 22.6 Å². The van der Waals surface area contributed by atoms with Gasteiger partial charge in [0.2, 0.25) is 0 Å². The average Bonchev–Trinajstić information content (AvgIpc) is 3.36. The van der Waals surface area contributed by atoms with E-state index in [1.807, 2.05) is 11.8 Å². The molecule has 0 atom stereocenters. The number of nitrogens with zero attached hydrogens (tertiary/aromatic N) is 1. The number of nitrogens with one attached hydrogen (secondary N) is 3. The molecule has 0 bridgehead atoms. The molecule has 1 fully saturated rings. The third kappa shape index (κ3) is 5.26. The molecule has 3 aromatic carbocycles. The molecule has 1 aliphatic rings. The molecule has 3 aromatic rings. The van der Waals surface area contributed by atoms with Crippen molar-refractivity contribution in [3.8, 4) is 0 Å². The average molecular weight is 479 g/mol. The lowest BCUT2D eigenvalue weighted by atomic mass is 10.1. The summed E-state index contributed by atoms with van der Waals surface area (Å²) in [4.78, 5) is 27.7. The summed E-state index contributed by atoms with van der Waals surface area (Å²) in [5.74, 6) is -1.57. The number of amides is 2. The SMILES string of the molecule is Cc1ccc(NC(=O)c2ccc(C(=N)N3CCCC3)cc2F)c(C(=O)Nc2ccc(Cl)cc2)c1. The Bertz CT molecular complexity index is 1250. The molecule has 4 rings (SSSR count). The summed E-state index contributed by atoms with van der Waals surface area (Å²) in [5, 5.41) is 14.3. The molecule has 0 saturated carbocycles. The van der Waals surface area contributed by atoms with Gasteiger partial charge in [0.05, 0.1) is 16.8 Å². The van der Waals surface area contributed by atoms with Crippen LogP contribution in [0.2, 0.25) is 5.02 Å². The lowest BCUT2D eigenvalue weighted by molar-refractivity contribution is 0.102. The summed E-state index contributed by atoms with van der Waals surface area (Å²) in [6.07, 6.45) is 2.02. The number of likely N-dealkylation sites (tertiary alicyclic amines) is 1. The van der Waals surface area contributed by atoms with Crippen molar-refractivity contribution in [1.82, 2.24) is 4.90 Å². The Labute approximate surface area is 202 Å². The largest absolute Gasteiger partial charge is 0.357 e. The van der Waals surface area contributed by atoms with Gasteiger partial charge in [-0.2, -0.15) is 0 Å². The van der Waals surface area contributed by atoms with Crippen molar-refractivity contribution in [3.05, 3.63) is 93.8 Å². The van der Waals surface area contributed by atoms with Crippen LogP contribution in [0.15, 0.2) is 60.7 Å². The quantitative estimate of drug-likeness (QED) is 0.324. The van der Waals surface area contributed by atoms with E-state index in [0.29, 0.717) is 16.3 Å². The number of halogens is 2. The third-order valence-electron chi connectivity index (χ3n) is 5.68. The minimum absolute atomic E-state index is 0.164. The highest BCUT2D eigenvalue weighted by atomic mass is 35.5. The van der Waals surface area contributed by atoms with Crippen LogP contribution in [0.4, 0.5) is 15.8 Å². The number of hydrogen-bond donors (Lipinski definition) is 3. The molecule has 6 nitrogen and oxygen atoms in total. The summed E-state index contributed by atoms with van der Waals surface area (Å²) >= 11 is 5.89. The van der Waals surface area contributed by atoms with Gasteiger partial charge in [0.1, 0.15) is 11.7 Å². The molecule has 0 radical (unpaired) electrons. The molecule has 2 amide bonds. The normalized spacial score (nSPS) is 13.0. The van der Waals surface area contributed by atoms with E-state index in [1.54, 1.807) is 48.5 Å². The first-order valence-electron chi connectivity index (χ1n) is 10.9. The maximum absolute atomic E-state index is 14.8. The molecular formula is C26H24ClFN4O2. The number of anilines is 2. The highest BCUT2D eigenvalue weighted by Gasteiger charge is 2.20. The Morgan fingerprint density at radius 2 is 1.59 bits per heavy atom. The fourth-order valence-corrected chi connectivity index (χ4v) is 3.97. The molecular weight excluding hydrogens is 455 g/mol. The van der Waals surface area contributed by atoms with Crippen molar-refractivity contribution in [1.29, 1.82) is 5.41 Å². The summed E-state index contributed by atoms with van der Waals surface area (Å²) in [5.41, 5.74) is 2.15. The molecule has 1 aliphatic heterocycles. The van der Waals surface area contributed by atoms with Gasteiger partial charge in [0.15, 0.2) is 0 Å². The van der Waals surface area contributed by atoms with Gasteiger partial charge >= 0.3 is 0 Å². The highest BCUT2D eigenvalue weighted by Crippen LogP contribution is 2.22. The van der Waals surface area contributed by atoms with Gasteiger partial charge in [0, 0.05) is 29.4 Å². The lowest BCUT2D eigenvalue weighted by Crippen LogP contribution is -2.28. The Kier molecular flexibility index (Phi) is 6.93. The molecule has 1 heterocycles. The summed E-state index contributed by atoms with van der Waals surface area (Å²) in [6.45, 7) is 3.38. The van der Waals surface area contributed by atoms with Crippen molar-refractivity contribution in [2.24, 2.45) is 0 Å². The summed E-state index contributed by atoms with van der Waals surface area (Å²) < 4.78 is 14.8. The van der Waals surface area contributed by atoms with Crippen LogP contribution in [0, 0.1) is 18.2 Å². The topological polar surface area (TPSA) is 85.3 Å². The zero-order valence-corrected chi connectivity index (χ0v) is 19.4. The number of benzene rings is 3. The Hall–Kier alpha value is -3.71. The molecule has 0 unspecified atom stereocenters. The molecule has 0 aliphatic carbocycles. The van der Waals surface area contributed by atoms with E-state index in [1.165, 1.54) is 12.1 Å². The summed E-state index contributed by atoms with van der Waals surface area (Å²) in [7, 11) is 0. The van der Waals surface area contributed by atoms with E-state index in [2.05, 4.69) is 10.6 Å². The van der Waals surface area contributed by atoms with Gasteiger partial charge in [-0.05, 0) is 68.3 Å². The van der Waals surface area contributed by atoms with Crippen LogP contribution in [0.1, 0.15) is 44.7 Å². The molecule has 34 heavy (non-hydrogen) atoms. The zero-order valence-electron chi connectivity index (χ0n) is 18.6. The molecule has 1 saturated heterocycles. The van der Waals surface area contributed by atoms with Crippen LogP contribution < -0.4 is 10.6 Å². The van der Waals surface area contributed by atoms with Crippen molar-refractivity contribution < 1.29 is 14.0 Å². The van der Waals surface area contributed by atoms with E-state index < -0.39 is 17.6 Å². The zero-order chi connectivity index (χ0) is 24.2. The fourth-order valence-electron chi connectivity index (χ4n) is 3.85. The number of carbonyl (C=O) groups excluding carboxylic acids is 2. The van der Waals surface area contributed by atoms with Crippen LogP contribution in [0.25, 0.3) is 0 Å². The van der Waals surface area contributed by atoms with E-state index in [0.717, 1.165) is 31.5 Å². The minimum Gasteiger partial charge on any atom is -0.357 e. The monoisotopic (exact) mass is 478 g/mol. The fraction of sp³-hybridized carbons (Fsp3) is 0.192. The maximum atomic E-state index is 14.8. The van der Waals surface area contributed by atoms with Crippen LogP contribution in [0.5, 0.6) is 0 Å². The molecule has 3 N–H and O–H groups in total. The van der Waals surface area contributed by atoms with Gasteiger partial charge in [-0.25, -0.2) is 4.39 Å². The molecule has 0 aromatic heterocycles. The standard InChI is InChI=1S/C26H24ClFN4O2/c1-16-4-11-23(21(14-16)26(34)30-19-8-6-18(27)7-9-19)31-25(33)20-10-5-17(15-22(20)28)24(29)32-12-2-3-13-32/h4-11,14-15,29H,2-3,12-13H2,1H3,(H,30,34)(H,31,33). The van der Waals surface area contributed by atoms with Crippen molar-refractivity contribution in [2.45, 2.75) is 19.8 Å². The van der Waals surface area contributed by atoms with Crippen LogP contribution in [-0.4, -0.2) is 35.6 Å². The first kappa shape index (κ1) is 23.4. The first-order valence-corrected chi connectivity index (χ1v) is 11.3. The van der Waals surface area contributed by atoms with Crippen molar-refractivity contribution in [3.63, 3.8) is 0 Å². The van der Waals surface area contributed by atoms with Crippen LogP contribution >= 0.6 is 11.6 Å². The molecule has 8 heteroatoms. The smallest absolute Gasteiger partial charge is 0.258 e. The number of hydrogen-bond acceptors (Lipinski definition) is 3. The second-order valence-electron chi connectivity index (χ2n) is 8.20. The highest BCUT2D eigenvalue weighted by molar-refractivity contribution is 6.30. The Morgan fingerprint density at radius 3 is 2.26 bits per heavy atom. The number of amidine groups is 1. The van der Waals surface area contributed by atoms with Gasteiger partial charge in [-0.3, -0.25) is 15.0 Å². The van der Waals surface area contributed by atoms with Gasteiger partial charge in [-0.1, -0.05) is 29.3 Å². The summed E-state index contributed by atoms with van der Waals surface area (Å²) in [6, 6.07) is 15.8. The van der Waals surface area contributed by atoms with Crippen LogP contribution in [-0.2, 0) is 0 Å². The number of carbonyl (C=O) groups is 2. The van der Waals surface area contributed by atoms with Gasteiger partial charge < -0.3 is 15.5 Å². The maximum Gasteiger partial charge on any atom is 0.258 e. The number of rotatable bonds is 5. The second-order valence-corrected chi connectivity index (χ2v) is 8.64. The van der Waals surface area contributed by atoms with Crippen LogP contribution in [0.3, 0.4) is 0 Å². The molecule has 0 spiro atoms. The lowest BCUT2D eigenvalue weighted by Gasteiger charge is -2.19. The van der Waals surface area contributed by atoms with Gasteiger partial charge in [-0.15, -0.1) is 0 Å². The van der Waals surface area contributed by atoms with Crippen molar-refractivity contribution in [2.75, 3.05) is 23.7 Å². The van der Waals surface area contributed by atoms with E-state index >= 15 is 0 Å². The third-order valence-corrected chi connectivity index (χ3v) is 5.93. The Balaban J connectivity index is 1.53. The Morgan fingerprint density at radius 1 is 0.912 bits per heavy atom. The predicted molar refractivity (Wildman–Crippen MR) is 133 cm³/mol. The first-order chi connectivity index (χ1) is 16.3. The van der Waals surface area contributed by atoms with E-state index in [9.17, 15) is 14.0 Å². The van der Waals surface area contributed by atoms with Gasteiger partial charge in [0.25, 0.3) is 11.8 Å². The second kappa shape index (κ2) is 10.1.